The monoisotopic (exact) mass is 266 g/mol. The summed E-state index contributed by atoms with van der Waals surface area (Å²) in [6.07, 6.45) is 0. The molecule has 1 heterocycles. The van der Waals surface area contributed by atoms with Gasteiger partial charge in [0.05, 0.1) is 11.4 Å². The Labute approximate surface area is 111 Å². The number of carboxylic acids is 2. The quantitative estimate of drug-likeness (QED) is 0.667. The summed E-state index contributed by atoms with van der Waals surface area (Å²) in [6.45, 7) is 6.63. The Morgan fingerprint density at radius 3 is 2.32 bits per heavy atom. The zero-order chi connectivity index (χ0) is 14.4. The number of nitrogens with zero attached hydrogens (tertiary/aromatic N) is 1. The van der Waals surface area contributed by atoms with Crippen LogP contribution in [0.1, 0.15) is 13.8 Å². The zero-order valence-corrected chi connectivity index (χ0v) is 11.0. The van der Waals surface area contributed by atoms with Crippen LogP contribution in [0.25, 0.3) is 0 Å². The molecular formula is C13H18N2O4. The van der Waals surface area contributed by atoms with Crippen molar-refractivity contribution in [3.63, 3.8) is 0 Å². The molecule has 0 fully saturated rings. The summed E-state index contributed by atoms with van der Waals surface area (Å²) in [5, 5.41) is 18.2. The number of nitrogens with one attached hydrogen (secondary N) is 1. The topological polar surface area (TPSA) is 89.9 Å². The molecule has 0 saturated carbocycles. The molecule has 6 nitrogen and oxygen atoms in total. The molecule has 0 radical (unpaired) electrons. The fraction of sp³-hybridized carbons (Fsp3) is 0.385. The number of hydrogen-bond donors (Lipinski definition) is 3. The van der Waals surface area contributed by atoms with Gasteiger partial charge in [-0.15, -0.1) is 0 Å². The molecule has 6 heteroatoms. The third kappa shape index (κ3) is 4.17. The molecule has 0 unspecified atom stereocenters. The van der Waals surface area contributed by atoms with Gasteiger partial charge in [-0.3, -0.25) is 0 Å². The third-order valence-corrected chi connectivity index (χ3v) is 2.69. The highest BCUT2D eigenvalue weighted by atomic mass is 16.4. The van der Waals surface area contributed by atoms with Crippen molar-refractivity contribution < 1.29 is 19.8 Å². The SMILES string of the molecule is CC(C)N1CCNc2ccccc21.O=C(O)C(=O)O. The van der Waals surface area contributed by atoms with Gasteiger partial charge in [-0.05, 0) is 26.0 Å². The Morgan fingerprint density at radius 2 is 1.79 bits per heavy atom. The summed E-state index contributed by atoms with van der Waals surface area (Å²) in [6, 6.07) is 9.09. The third-order valence-electron chi connectivity index (χ3n) is 2.69. The molecule has 0 aromatic heterocycles. The molecule has 0 aliphatic carbocycles. The first-order valence-corrected chi connectivity index (χ1v) is 5.99. The molecule has 0 bridgehead atoms. The van der Waals surface area contributed by atoms with Gasteiger partial charge in [0.25, 0.3) is 0 Å². The zero-order valence-electron chi connectivity index (χ0n) is 11.0. The van der Waals surface area contributed by atoms with Crippen LogP contribution in [-0.4, -0.2) is 41.3 Å². The van der Waals surface area contributed by atoms with E-state index in [1.165, 1.54) is 11.4 Å². The maximum atomic E-state index is 9.10. The standard InChI is InChI=1S/C11H16N2.C2H2O4/c1-9(2)13-8-7-12-10-5-3-4-6-11(10)13;3-1(4)2(5)6/h3-6,9,12H,7-8H2,1-2H3;(H,3,4)(H,5,6). The summed E-state index contributed by atoms with van der Waals surface area (Å²) in [4.78, 5) is 20.6. The molecule has 104 valence electrons. The van der Waals surface area contributed by atoms with E-state index >= 15 is 0 Å². The molecule has 2 rings (SSSR count). The lowest BCUT2D eigenvalue weighted by Crippen LogP contribution is -2.38. The first-order chi connectivity index (χ1) is 8.93. The molecule has 19 heavy (non-hydrogen) atoms. The van der Waals surface area contributed by atoms with Gasteiger partial charge < -0.3 is 20.4 Å². The largest absolute Gasteiger partial charge is 0.473 e. The normalized spacial score (nSPS) is 12.9. The van der Waals surface area contributed by atoms with Crippen LogP contribution in [0.4, 0.5) is 11.4 Å². The van der Waals surface area contributed by atoms with E-state index in [9.17, 15) is 0 Å². The van der Waals surface area contributed by atoms with Crippen LogP contribution in [0.5, 0.6) is 0 Å². The van der Waals surface area contributed by atoms with Crippen molar-refractivity contribution in [2.24, 2.45) is 0 Å². The Morgan fingerprint density at radius 1 is 1.21 bits per heavy atom. The number of anilines is 2. The Bertz CT molecular complexity index is 448. The number of aliphatic carboxylic acids is 2. The highest BCUT2D eigenvalue weighted by molar-refractivity contribution is 6.27. The van der Waals surface area contributed by atoms with E-state index in [2.05, 4.69) is 48.3 Å². The number of fused-ring (bicyclic) bond motifs is 1. The van der Waals surface area contributed by atoms with E-state index in [0.29, 0.717) is 6.04 Å². The molecule has 1 aliphatic rings. The maximum absolute atomic E-state index is 9.10. The Kier molecular flexibility index (Phi) is 5.17. The molecule has 0 atom stereocenters. The second-order valence-corrected chi connectivity index (χ2v) is 4.34. The summed E-state index contributed by atoms with van der Waals surface area (Å²) in [7, 11) is 0. The van der Waals surface area contributed by atoms with Crippen molar-refractivity contribution in [2.45, 2.75) is 19.9 Å². The average Bonchev–Trinajstić information content (AvgIpc) is 2.38. The Hall–Kier alpha value is -2.24. The van der Waals surface area contributed by atoms with Gasteiger partial charge in [0, 0.05) is 19.1 Å². The number of carboxylic acid groups (broad SMARTS) is 2. The van der Waals surface area contributed by atoms with Crippen molar-refractivity contribution in [3.8, 4) is 0 Å². The van der Waals surface area contributed by atoms with Crippen molar-refractivity contribution in [1.29, 1.82) is 0 Å². The summed E-state index contributed by atoms with van der Waals surface area (Å²) >= 11 is 0. The van der Waals surface area contributed by atoms with Gasteiger partial charge in [-0.2, -0.15) is 0 Å². The lowest BCUT2D eigenvalue weighted by atomic mass is 10.1. The molecule has 0 amide bonds. The van der Waals surface area contributed by atoms with E-state index in [1.54, 1.807) is 0 Å². The second-order valence-electron chi connectivity index (χ2n) is 4.34. The van der Waals surface area contributed by atoms with Crippen LogP contribution in [0, 0.1) is 0 Å². The molecule has 1 aromatic carbocycles. The molecule has 3 N–H and O–H groups in total. The van der Waals surface area contributed by atoms with Crippen molar-refractivity contribution in [2.75, 3.05) is 23.3 Å². The second kappa shape index (κ2) is 6.63. The maximum Gasteiger partial charge on any atom is 0.414 e. The predicted octanol–water partition coefficient (Wildman–Crippen LogP) is 1.48. The smallest absolute Gasteiger partial charge is 0.414 e. The van der Waals surface area contributed by atoms with Gasteiger partial charge in [0.1, 0.15) is 0 Å². The first kappa shape index (κ1) is 14.8. The van der Waals surface area contributed by atoms with Crippen LogP contribution < -0.4 is 10.2 Å². The molecular weight excluding hydrogens is 248 g/mol. The molecule has 1 aromatic rings. The van der Waals surface area contributed by atoms with E-state index in [1.807, 2.05) is 0 Å². The van der Waals surface area contributed by atoms with Crippen LogP contribution in [0.15, 0.2) is 24.3 Å². The van der Waals surface area contributed by atoms with E-state index in [0.717, 1.165) is 13.1 Å². The van der Waals surface area contributed by atoms with Crippen molar-refractivity contribution in [3.05, 3.63) is 24.3 Å². The number of para-hydroxylation sites is 2. The lowest BCUT2D eigenvalue weighted by molar-refractivity contribution is -0.159. The number of hydrogen-bond acceptors (Lipinski definition) is 4. The average molecular weight is 266 g/mol. The fourth-order valence-corrected chi connectivity index (χ4v) is 1.84. The minimum Gasteiger partial charge on any atom is -0.473 e. The van der Waals surface area contributed by atoms with Gasteiger partial charge in [-0.25, -0.2) is 9.59 Å². The minimum absolute atomic E-state index is 0.586. The minimum atomic E-state index is -1.82. The molecule has 0 saturated heterocycles. The van der Waals surface area contributed by atoms with Crippen LogP contribution in [-0.2, 0) is 9.59 Å². The Balaban J connectivity index is 0.000000258. The highest BCUT2D eigenvalue weighted by Crippen LogP contribution is 2.29. The highest BCUT2D eigenvalue weighted by Gasteiger charge is 2.17. The van der Waals surface area contributed by atoms with E-state index in [-0.39, 0.29) is 0 Å². The van der Waals surface area contributed by atoms with Gasteiger partial charge in [0.15, 0.2) is 0 Å². The van der Waals surface area contributed by atoms with Crippen LogP contribution >= 0.6 is 0 Å². The van der Waals surface area contributed by atoms with E-state index < -0.39 is 11.9 Å². The summed E-state index contributed by atoms with van der Waals surface area (Å²) in [5.74, 6) is -3.65. The summed E-state index contributed by atoms with van der Waals surface area (Å²) < 4.78 is 0. The molecule has 1 aliphatic heterocycles. The van der Waals surface area contributed by atoms with E-state index in [4.69, 9.17) is 19.8 Å². The van der Waals surface area contributed by atoms with Gasteiger partial charge in [-0.1, -0.05) is 12.1 Å². The van der Waals surface area contributed by atoms with Crippen LogP contribution in [0.3, 0.4) is 0 Å². The van der Waals surface area contributed by atoms with Gasteiger partial charge >= 0.3 is 11.9 Å². The number of rotatable bonds is 1. The van der Waals surface area contributed by atoms with Crippen molar-refractivity contribution in [1.82, 2.24) is 0 Å². The van der Waals surface area contributed by atoms with Gasteiger partial charge in [0.2, 0.25) is 0 Å². The number of benzene rings is 1. The lowest BCUT2D eigenvalue weighted by Gasteiger charge is -2.35. The fourth-order valence-electron chi connectivity index (χ4n) is 1.84. The number of carbonyl (C=O) groups is 2. The van der Waals surface area contributed by atoms with Crippen LogP contribution in [0.2, 0.25) is 0 Å². The van der Waals surface area contributed by atoms with Crippen molar-refractivity contribution >= 4 is 23.3 Å². The predicted molar refractivity (Wildman–Crippen MR) is 72.7 cm³/mol. The first-order valence-electron chi connectivity index (χ1n) is 5.99. The summed E-state index contributed by atoms with van der Waals surface area (Å²) in [5.41, 5.74) is 2.60. The molecule has 0 spiro atoms.